The van der Waals surface area contributed by atoms with Gasteiger partial charge in [-0.25, -0.2) is 0 Å². The Morgan fingerprint density at radius 1 is 1.07 bits per heavy atom. The second kappa shape index (κ2) is 9.32. The average Bonchev–Trinajstić information content (AvgIpc) is 2.73. The van der Waals surface area contributed by atoms with Gasteiger partial charge in [0.1, 0.15) is 12.4 Å². The zero-order chi connectivity index (χ0) is 20.6. The van der Waals surface area contributed by atoms with Gasteiger partial charge in [0.15, 0.2) is 0 Å². The van der Waals surface area contributed by atoms with Crippen molar-refractivity contribution in [2.45, 2.75) is 13.5 Å². The van der Waals surface area contributed by atoms with Gasteiger partial charge in [0.25, 0.3) is 5.69 Å². The molecule has 29 heavy (non-hydrogen) atoms. The second-order valence-electron chi connectivity index (χ2n) is 6.42. The van der Waals surface area contributed by atoms with E-state index in [1.807, 2.05) is 54.6 Å². The summed E-state index contributed by atoms with van der Waals surface area (Å²) in [7, 11) is 0. The van der Waals surface area contributed by atoms with E-state index in [0.717, 1.165) is 22.4 Å². The molecular weight excluding hydrogens is 368 g/mol. The first kappa shape index (κ1) is 19.8. The van der Waals surface area contributed by atoms with E-state index in [9.17, 15) is 14.9 Å². The van der Waals surface area contributed by atoms with Crippen molar-refractivity contribution in [1.29, 1.82) is 0 Å². The molecule has 0 bridgehead atoms. The van der Waals surface area contributed by atoms with Crippen LogP contribution in [0.25, 0.3) is 6.08 Å². The van der Waals surface area contributed by atoms with E-state index >= 15 is 0 Å². The molecule has 0 aliphatic carbocycles. The van der Waals surface area contributed by atoms with Crippen molar-refractivity contribution in [2.24, 2.45) is 0 Å². The largest absolute Gasteiger partial charge is 0.489 e. The fourth-order valence-electron chi connectivity index (χ4n) is 2.62. The summed E-state index contributed by atoms with van der Waals surface area (Å²) in [6.45, 7) is 2.26. The van der Waals surface area contributed by atoms with Gasteiger partial charge < -0.3 is 10.1 Å². The molecular formula is C23H20N2O4. The molecule has 0 heterocycles. The molecule has 3 rings (SSSR count). The van der Waals surface area contributed by atoms with E-state index in [-0.39, 0.29) is 11.6 Å². The lowest BCUT2D eigenvalue weighted by atomic mass is 10.1. The van der Waals surface area contributed by atoms with Gasteiger partial charge in [-0.2, -0.15) is 0 Å². The Morgan fingerprint density at radius 3 is 2.48 bits per heavy atom. The summed E-state index contributed by atoms with van der Waals surface area (Å²) in [6.07, 6.45) is 3.06. The highest BCUT2D eigenvalue weighted by Crippen LogP contribution is 2.22. The van der Waals surface area contributed by atoms with Crippen LogP contribution in [-0.4, -0.2) is 10.8 Å². The second-order valence-corrected chi connectivity index (χ2v) is 6.42. The molecule has 3 aromatic carbocycles. The number of nitro groups is 1. The maximum absolute atomic E-state index is 12.2. The summed E-state index contributed by atoms with van der Waals surface area (Å²) in [5, 5.41) is 13.6. The van der Waals surface area contributed by atoms with E-state index in [2.05, 4.69) is 5.32 Å². The topological polar surface area (TPSA) is 81.5 Å². The maximum Gasteiger partial charge on any atom is 0.271 e. The van der Waals surface area contributed by atoms with Crippen LogP contribution in [0.4, 0.5) is 11.4 Å². The number of non-ortho nitro benzene ring substituents is 1. The van der Waals surface area contributed by atoms with Crippen LogP contribution in [-0.2, 0) is 11.4 Å². The molecule has 6 nitrogen and oxygen atoms in total. The van der Waals surface area contributed by atoms with Crippen LogP contribution < -0.4 is 10.1 Å². The van der Waals surface area contributed by atoms with Gasteiger partial charge in [-0.3, -0.25) is 14.9 Å². The summed E-state index contributed by atoms with van der Waals surface area (Å²) >= 11 is 0. The highest BCUT2D eigenvalue weighted by molar-refractivity contribution is 6.02. The Kier molecular flexibility index (Phi) is 6.37. The third-order valence-corrected chi connectivity index (χ3v) is 4.25. The quantitative estimate of drug-likeness (QED) is 0.345. The number of carbonyl (C=O) groups is 1. The van der Waals surface area contributed by atoms with Gasteiger partial charge in [0, 0.05) is 18.2 Å². The van der Waals surface area contributed by atoms with Gasteiger partial charge >= 0.3 is 0 Å². The maximum atomic E-state index is 12.2. The van der Waals surface area contributed by atoms with Crippen LogP contribution in [0.15, 0.2) is 78.9 Å². The van der Waals surface area contributed by atoms with Gasteiger partial charge in [-0.1, -0.05) is 48.5 Å². The molecule has 1 amide bonds. The van der Waals surface area contributed by atoms with Crippen molar-refractivity contribution in [3.63, 3.8) is 0 Å². The van der Waals surface area contributed by atoms with E-state index in [1.54, 1.807) is 19.1 Å². The zero-order valence-electron chi connectivity index (χ0n) is 15.9. The van der Waals surface area contributed by atoms with E-state index in [4.69, 9.17) is 4.74 Å². The first-order valence-corrected chi connectivity index (χ1v) is 9.02. The van der Waals surface area contributed by atoms with Crippen molar-refractivity contribution >= 4 is 23.4 Å². The third-order valence-electron chi connectivity index (χ3n) is 4.25. The molecule has 0 atom stereocenters. The van der Waals surface area contributed by atoms with Crippen molar-refractivity contribution < 1.29 is 14.5 Å². The minimum absolute atomic E-state index is 0.0685. The lowest BCUT2D eigenvalue weighted by molar-refractivity contribution is -0.384. The highest BCUT2D eigenvalue weighted by atomic mass is 16.6. The predicted molar refractivity (Wildman–Crippen MR) is 113 cm³/mol. The normalized spacial score (nSPS) is 10.7. The van der Waals surface area contributed by atoms with Gasteiger partial charge in [0.05, 0.1) is 10.6 Å². The Bertz CT molecular complexity index is 1030. The Morgan fingerprint density at radius 2 is 1.79 bits per heavy atom. The monoisotopic (exact) mass is 388 g/mol. The Labute approximate surface area is 168 Å². The number of carbonyl (C=O) groups excluding carboxylic acids is 1. The van der Waals surface area contributed by atoms with Crippen molar-refractivity contribution in [3.05, 3.63) is 106 Å². The van der Waals surface area contributed by atoms with Crippen molar-refractivity contribution in [1.82, 2.24) is 0 Å². The summed E-state index contributed by atoms with van der Waals surface area (Å²) in [5.74, 6) is 0.376. The number of hydrogen-bond acceptors (Lipinski definition) is 4. The van der Waals surface area contributed by atoms with Crippen LogP contribution >= 0.6 is 0 Å². The van der Waals surface area contributed by atoms with Crippen LogP contribution in [0.1, 0.15) is 16.7 Å². The molecule has 6 heteroatoms. The molecule has 0 aliphatic heterocycles. The number of nitrogens with zero attached hydrogens (tertiary/aromatic N) is 1. The number of hydrogen-bond donors (Lipinski definition) is 1. The number of rotatable bonds is 7. The molecule has 146 valence electrons. The van der Waals surface area contributed by atoms with Crippen LogP contribution in [0.3, 0.4) is 0 Å². The number of anilines is 1. The van der Waals surface area contributed by atoms with E-state index < -0.39 is 4.92 Å². The molecule has 3 aromatic rings. The van der Waals surface area contributed by atoms with Gasteiger partial charge in [-0.15, -0.1) is 0 Å². The Hall–Kier alpha value is -3.93. The molecule has 1 N–H and O–H groups in total. The third kappa shape index (κ3) is 5.77. The van der Waals surface area contributed by atoms with Crippen molar-refractivity contribution in [3.8, 4) is 5.75 Å². The summed E-state index contributed by atoms with van der Waals surface area (Å²) in [5.41, 5.74) is 3.02. The first-order valence-electron chi connectivity index (χ1n) is 9.02. The summed E-state index contributed by atoms with van der Waals surface area (Å²) in [6, 6.07) is 21.6. The Balaban J connectivity index is 1.57. The molecule has 0 saturated carbocycles. The highest BCUT2D eigenvalue weighted by Gasteiger charge is 2.09. The minimum atomic E-state index is -0.494. The number of ether oxygens (including phenoxy) is 1. The molecule has 0 radical (unpaired) electrons. The average molecular weight is 388 g/mol. The number of benzene rings is 3. The summed E-state index contributed by atoms with van der Waals surface area (Å²) in [4.78, 5) is 22.5. The summed E-state index contributed by atoms with van der Waals surface area (Å²) < 4.78 is 5.74. The van der Waals surface area contributed by atoms with Crippen LogP contribution in [0.2, 0.25) is 0 Å². The molecule has 0 fully saturated rings. The van der Waals surface area contributed by atoms with Gasteiger partial charge in [-0.05, 0) is 41.8 Å². The van der Waals surface area contributed by atoms with Gasteiger partial charge in [0.2, 0.25) is 5.91 Å². The zero-order valence-corrected chi connectivity index (χ0v) is 15.9. The lowest BCUT2D eigenvalue weighted by Crippen LogP contribution is -2.09. The fourth-order valence-corrected chi connectivity index (χ4v) is 2.62. The van der Waals surface area contributed by atoms with Crippen LogP contribution in [0.5, 0.6) is 5.75 Å². The first-order chi connectivity index (χ1) is 14.0. The number of nitrogens with one attached hydrogen (secondary N) is 1. The number of aryl methyl sites for hydroxylation is 1. The number of amides is 1. The SMILES string of the molecule is Cc1ccc([N+](=O)[O-])cc1NC(=O)/C=C/c1ccc(OCc2ccccc2)cc1. The fraction of sp³-hybridized carbons (Fsp3) is 0.0870. The minimum Gasteiger partial charge on any atom is -0.489 e. The predicted octanol–water partition coefficient (Wildman–Crippen LogP) is 5.13. The van der Waals surface area contributed by atoms with E-state index in [0.29, 0.717) is 12.3 Å². The molecule has 0 aliphatic rings. The molecule has 0 saturated heterocycles. The molecule has 0 aromatic heterocycles. The van der Waals surface area contributed by atoms with Crippen LogP contribution in [0, 0.1) is 17.0 Å². The standard InChI is InChI=1S/C23H20N2O4/c1-17-7-11-20(25(27)28)15-22(17)24-23(26)14-10-18-8-12-21(13-9-18)29-16-19-5-3-2-4-6-19/h2-15H,16H2,1H3,(H,24,26)/b14-10+. The molecule has 0 unspecified atom stereocenters. The van der Waals surface area contributed by atoms with Crippen molar-refractivity contribution in [2.75, 3.05) is 5.32 Å². The number of nitro benzene ring substituents is 1. The smallest absolute Gasteiger partial charge is 0.271 e. The lowest BCUT2D eigenvalue weighted by Gasteiger charge is -2.07. The van der Waals surface area contributed by atoms with E-state index in [1.165, 1.54) is 18.2 Å². The molecule has 0 spiro atoms.